The van der Waals surface area contributed by atoms with Crippen molar-refractivity contribution < 1.29 is 4.74 Å². The van der Waals surface area contributed by atoms with Crippen LogP contribution in [0.25, 0.3) is 10.9 Å². The average Bonchev–Trinajstić information content (AvgIpc) is 3.01. The van der Waals surface area contributed by atoms with E-state index in [0.29, 0.717) is 5.92 Å². The lowest BCUT2D eigenvalue weighted by Crippen LogP contribution is -2.13. The molecule has 3 aromatic rings. The van der Waals surface area contributed by atoms with Crippen LogP contribution in [0.4, 0.5) is 0 Å². The molecular weight excluding hydrogens is 296 g/mol. The predicted octanol–water partition coefficient (Wildman–Crippen LogP) is 4.70. The first-order valence-electron chi connectivity index (χ1n) is 8.67. The number of ether oxygens (including phenoxy) is 1. The van der Waals surface area contributed by atoms with Crippen molar-refractivity contribution in [3.63, 3.8) is 0 Å². The standard InChI is InChI=1S/C21H26N2O/c1-15(2)24-20-11-7-10-19-21(20)18(14-23-19)17(12-13-22-3)16-8-5-4-6-9-16/h4-11,14-15,17,22-23H,12-13H2,1-3H3/t17-/m1/s1. The highest BCUT2D eigenvalue weighted by Gasteiger charge is 2.20. The third kappa shape index (κ3) is 3.46. The minimum atomic E-state index is 0.158. The summed E-state index contributed by atoms with van der Waals surface area (Å²) in [6.07, 6.45) is 3.35. The number of hydrogen-bond donors (Lipinski definition) is 2. The molecule has 0 aliphatic rings. The molecule has 0 saturated carbocycles. The molecule has 3 nitrogen and oxygen atoms in total. The maximum absolute atomic E-state index is 6.08. The van der Waals surface area contributed by atoms with Crippen LogP contribution < -0.4 is 10.1 Å². The van der Waals surface area contributed by atoms with E-state index in [1.165, 1.54) is 16.5 Å². The summed E-state index contributed by atoms with van der Waals surface area (Å²) in [5, 5.41) is 4.49. The average molecular weight is 322 g/mol. The van der Waals surface area contributed by atoms with Crippen LogP contribution in [0.5, 0.6) is 5.75 Å². The van der Waals surface area contributed by atoms with Crippen LogP contribution in [0.15, 0.2) is 54.7 Å². The summed E-state index contributed by atoms with van der Waals surface area (Å²) in [5.41, 5.74) is 3.78. The van der Waals surface area contributed by atoms with E-state index in [0.717, 1.165) is 24.2 Å². The Hall–Kier alpha value is -2.26. The molecule has 1 aromatic heterocycles. The van der Waals surface area contributed by atoms with E-state index in [4.69, 9.17) is 4.74 Å². The zero-order valence-electron chi connectivity index (χ0n) is 14.7. The molecule has 0 fully saturated rings. The molecule has 3 heteroatoms. The van der Waals surface area contributed by atoms with Crippen molar-refractivity contribution in [2.45, 2.75) is 32.3 Å². The zero-order valence-corrected chi connectivity index (χ0v) is 14.7. The molecule has 1 heterocycles. The molecular formula is C21H26N2O. The van der Waals surface area contributed by atoms with Gasteiger partial charge in [-0.1, -0.05) is 36.4 Å². The predicted molar refractivity (Wildman–Crippen MR) is 101 cm³/mol. The van der Waals surface area contributed by atoms with Crippen LogP contribution in [-0.4, -0.2) is 24.7 Å². The Bertz CT molecular complexity index is 777. The van der Waals surface area contributed by atoms with Crippen LogP contribution in [0.2, 0.25) is 0 Å². The van der Waals surface area contributed by atoms with E-state index in [1.54, 1.807) is 0 Å². The molecule has 3 rings (SSSR count). The van der Waals surface area contributed by atoms with Gasteiger partial charge in [0.25, 0.3) is 0 Å². The second kappa shape index (κ2) is 7.54. The molecule has 126 valence electrons. The normalized spacial score (nSPS) is 12.7. The smallest absolute Gasteiger partial charge is 0.129 e. The van der Waals surface area contributed by atoms with Gasteiger partial charge in [-0.2, -0.15) is 0 Å². The minimum Gasteiger partial charge on any atom is -0.490 e. The molecule has 0 amide bonds. The van der Waals surface area contributed by atoms with Crippen LogP contribution in [-0.2, 0) is 0 Å². The highest BCUT2D eigenvalue weighted by atomic mass is 16.5. The lowest BCUT2D eigenvalue weighted by molar-refractivity contribution is 0.245. The number of aromatic nitrogens is 1. The zero-order chi connectivity index (χ0) is 16.9. The van der Waals surface area contributed by atoms with Crippen molar-refractivity contribution >= 4 is 10.9 Å². The number of fused-ring (bicyclic) bond motifs is 1. The van der Waals surface area contributed by atoms with E-state index < -0.39 is 0 Å². The third-order valence-electron chi connectivity index (χ3n) is 4.32. The Kier molecular flexibility index (Phi) is 5.21. The van der Waals surface area contributed by atoms with Gasteiger partial charge < -0.3 is 15.0 Å². The number of rotatable bonds is 7. The van der Waals surface area contributed by atoms with E-state index in [2.05, 4.69) is 72.8 Å². The minimum absolute atomic E-state index is 0.158. The molecule has 1 atom stereocenters. The van der Waals surface area contributed by atoms with Crippen LogP contribution >= 0.6 is 0 Å². The van der Waals surface area contributed by atoms with Gasteiger partial charge in [-0.25, -0.2) is 0 Å². The van der Waals surface area contributed by atoms with E-state index in [-0.39, 0.29) is 6.10 Å². The largest absolute Gasteiger partial charge is 0.490 e. The maximum atomic E-state index is 6.08. The number of aromatic amines is 1. The van der Waals surface area contributed by atoms with E-state index in [9.17, 15) is 0 Å². The Morgan fingerprint density at radius 2 is 1.83 bits per heavy atom. The Morgan fingerprint density at radius 3 is 2.54 bits per heavy atom. The highest BCUT2D eigenvalue weighted by Crippen LogP contribution is 2.38. The first kappa shape index (κ1) is 16.6. The number of H-pyrrole nitrogens is 1. The summed E-state index contributed by atoms with van der Waals surface area (Å²) < 4.78 is 6.08. The van der Waals surface area contributed by atoms with Gasteiger partial charge in [0.15, 0.2) is 0 Å². The topological polar surface area (TPSA) is 37.0 Å². The molecule has 0 saturated heterocycles. The number of hydrogen-bond acceptors (Lipinski definition) is 2. The summed E-state index contributed by atoms with van der Waals surface area (Å²) in [6, 6.07) is 17.0. The molecule has 24 heavy (non-hydrogen) atoms. The quantitative estimate of drug-likeness (QED) is 0.662. The van der Waals surface area contributed by atoms with Gasteiger partial charge in [-0.3, -0.25) is 0 Å². The molecule has 0 aliphatic carbocycles. The van der Waals surface area contributed by atoms with Gasteiger partial charge >= 0.3 is 0 Å². The first-order chi connectivity index (χ1) is 11.7. The Labute approximate surface area is 144 Å². The molecule has 0 unspecified atom stereocenters. The van der Waals surface area contributed by atoms with Crippen LogP contribution in [0.3, 0.4) is 0 Å². The SMILES string of the molecule is CNCC[C@H](c1ccccc1)c1c[nH]c2cccc(OC(C)C)c12. The summed E-state index contributed by atoms with van der Waals surface area (Å²) >= 11 is 0. The fraction of sp³-hybridized carbons (Fsp3) is 0.333. The van der Waals surface area contributed by atoms with Crippen molar-refractivity contribution in [2.24, 2.45) is 0 Å². The molecule has 0 aliphatic heterocycles. The lowest BCUT2D eigenvalue weighted by atomic mass is 9.88. The summed E-state index contributed by atoms with van der Waals surface area (Å²) in [7, 11) is 2.00. The number of benzene rings is 2. The van der Waals surface area contributed by atoms with Gasteiger partial charge in [0.2, 0.25) is 0 Å². The van der Waals surface area contributed by atoms with Gasteiger partial charge in [0.1, 0.15) is 5.75 Å². The van der Waals surface area contributed by atoms with Crippen molar-refractivity contribution in [3.05, 3.63) is 65.9 Å². The fourth-order valence-corrected chi connectivity index (χ4v) is 3.28. The molecule has 2 N–H and O–H groups in total. The summed E-state index contributed by atoms with van der Waals surface area (Å²) in [6.45, 7) is 5.11. The summed E-state index contributed by atoms with van der Waals surface area (Å²) in [4.78, 5) is 3.43. The third-order valence-corrected chi connectivity index (χ3v) is 4.32. The lowest BCUT2D eigenvalue weighted by Gasteiger charge is -2.19. The monoisotopic (exact) mass is 322 g/mol. The Morgan fingerprint density at radius 1 is 1.04 bits per heavy atom. The van der Waals surface area contributed by atoms with Crippen LogP contribution in [0, 0.1) is 0 Å². The number of nitrogens with one attached hydrogen (secondary N) is 2. The Balaban J connectivity index is 2.10. The van der Waals surface area contributed by atoms with E-state index in [1.807, 2.05) is 13.1 Å². The first-order valence-corrected chi connectivity index (χ1v) is 8.67. The van der Waals surface area contributed by atoms with Gasteiger partial charge in [0, 0.05) is 23.0 Å². The molecule has 0 bridgehead atoms. The van der Waals surface area contributed by atoms with Crippen LogP contribution in [0.1, 0.15) is 37.3 Å². The van der Waals surface area contributed by atoms with Gasteiger partial charge in [0.05, 0.1) is 6.10 Å². The van der Waals surface area contributed by atoms with Crippen molar-refractivity contribution in [1.29, 1.82) is 0 Å². The molecule has 0 radical (unpaired) electrons. The summed E-state index contributed by atoms with van der Waals surface area (Å²) in [5.74, 6) is 1.30. The van der Waals surface area contributed by atoms with Gasteiger partial charge in [-0.05, 0) is 57.1 Å². The molecule has 2 aromatic carbocycles. The van der Waals surface area contributed by atoms with Crippen molar-refractivity contribution in [1.82, 2.24) is 10.3 Å². The molecule has 0 spiro atoms. The fourth-order valence-electron chi connectivity index (χ4n) is 3.28. The highest BCUT2D eigenvalue weighted by molar-refractivity contribution is 5.90. The second-order valence-corrected chi connectivity index (χ2v) is 6.44. The van der Waals surface area contributed by atoms with Crippen molar-refractivity contribution in [3.8, 4) is 5.75 Å². The maximum Gasteiger partial charge on any atom is 0.129 e. The van der Waals surface area contributed by atoms with E-state index >= 15 is 0 Å². The second-order valence-electron chi connectivity index (χ2n) is 6.44. The van der Waals surface area contributed by atoms with Crippen molar-refractivity contribution in [2.75, 3.05) is 13.6 Å². The van der Waals surface area contributed by atoms with Gasteiger partial charge in [-0.15, -0.1) is 0 Å².